The van der Waals surface area contributed by atoms with Gasteiger partial charge in [-0.3, -0.25) is 9.69 Å². The van der Waals surface area contributed by atoms with Crippen molar-refractivity contribution in [2.75, 3.05) is 50.8 Å². The van der Waals surface area contributed by atoms with E-state index in [0.717, 1.165) is 26.2 Å². The molecule has 26 heavy (non-hydrogen) atoms. The summed E-state index contributed by atoms with van der Waals surface area (Å²) in [5, 5.41) is 15.7. The largest absolute Gasteiger partial charge is 0.395 e. The molecule has 2 aliphatic heterocycles. The molecule has 0 aliphatic carbocycles. The molecule has 7 nitrogen and oxygen atoms in total. The fourth-order valence-electron chi connectivity index (χ4n) is 3.26. The number of anilines is 1. The van der Waals surface area contributed by atoms with E-state index in [4.69, 9.17) is 9.94 Å². The van der Waals surface area contributed by atoms with Crippen LogP contribution in [0, 0.1) is 5.82 Å². The van der Waals surface area contributed by atoms with Crippen molar-refractivity contribution < 1.29 is 19.1 Å². The third-order valence-electron chi connectivity index (χ3n) is 4.72. The van der Waals surface area contributed by atoms with E-state index in [1.54, 1.807) is 6.07 Å². The van der Waals surface area contributed by atoms with Gasteiger partial charge in [0.15, 0.2) is 0 Å². The molecule has 1 aromatic carbocycles. The monoisotopic (exact) mass is 364 g/mol. The molecule has 1 atom stereocenters. The Morgan fingerprint density at radius 1 is 1.38 bits per heavy atom. The van der Waals surface area contributed by atoms with Crippen molar-refractivity contribution in [3.05, 3.63) is 29.6 Å². The van der Waals surface area contributed by atoms with Crippen LogP contribution >= 0.6 is 0 Å². The second-order valence-corrected chi connectivity index (χ2v) is 6.63. The van der Waals surface area contributed by atoms with Gasteiger partial charge >= 0.3 is 0 Å². The molecule has 0 aromatic heterocycles. The van der Waals surface area contributed by atoms with E-state index in [1.165, 1.54) is 13.0 Å². The van der Waals surface area contributed by atoms with Crippen LogP contribution in [0.1, 0.15) is 18.9 Å². The number of benzene rings is 1. The Morgan fingerprint density at radius 3 is 2.81 bits per heavy atom. The molecule has 2 heterocycles. The number of aliphatic hydroxyl groups is 1. The predicted octanol–water partition coefficient (Wildman–Crippen LogP) is 0.569. The minimum atomic E-state index is -0.272. The molecule has 3 rings (SSSR count). The lowest BCUT2D eigenvalue weighted by atomic mass is 10.0. The van der Waals surface area contributed by atoms with Crippen LogP contribution in [0.3, 0.4) is 0 Å². The van der Waals surface area contributed by atoms with Gasteiger partial charge < -0.3 is 20.2 Å². The van der Waals surface area contributed by atoms with Crippen LogP contribution in [-0.4, -0.2) is 73.6 Å². The number of hydrogen-bond donors (Lipinski definition) is 2. The molecule has 0 saturated carbocycles. The number of halogens is 1. The first-order valence-corrected chi connectivity index (χ1v) is 8.92. The Bertz CT molecular complexity index is 674. The van der Waals surface area contributed by atoms with Gasteiger partial charge in [-0.05, 0) is 12.1 Å². The second kappa shape index (κ2) is 8.46. The summed E-state index contributed by atoms with van der Waals surface area (Å²) in [5.74, 6) is -0.386. The maximum atomic E-state index is 14.6. The Morgan fingerprint density at radius 2 is 2.15 bits per heavy atom. The molecule has 0 radical (unpaired) electrons. The number of carbonyl (C=O) groups excluding carboxylic acids is 1. The summed E-state index contributed by atoms with van der Waals surface area (Å²) in [6.07, 6.45) is 0.329. The number of hydrogen-bond acceptors (Lipinski definition) is 6. The molecule has 0 spiro atoms. The average molecular weight is 364 g/mol. The molecule has 1 unspecified atom stereocenters. The van der Waals surface area contributed by atoms with Crippen LogP contribution in [0.5, 0.6) is 0 Å². The zero-order valence-electron chi connectivity index (χ0n) is 14.9. The van der Waals surface area contributed by atoms with Crippen LogP contribution in [0.15, 0.2) is 23.4 Å². The van der Waals surface area contributed by atoms with E-state index in [9.17, 15) is 9.18 Å². The van der Waals surface area contributed by atoms with Crippen molar-refractivity contribution in [1.29, 1.82) is 0 Å². The van der Waals surface area contributed by atoms with E-state index in [2.05, 4.69) is 15.4 Å². The van der Waals surface area contributed by atoms with Crippen molar-refractivity contribution in [3.63, 3.8) is 0 Å². The number of amides is 1. The van der Waals surface area contributed by atoms with Gasteiger partial charge in [0.05, 0.1) is 24.6 Å². The van der Waals surface area contributed by atoms with Crippen LogP contribution in [-0.2, 0) is 9.63 Å². The predicted molar refractivity (Wildman–Crippen MR) is 96.8 cm³/mol. The summed E-state index contributed by atoms with van der Waals surface area (Å²) in [5.41, 5.74) is 1.99. The van der Waals surface area contributed by atoms with Gasteiger partial charge in [-0.2, -0.15) is 0 Å². The normalized spacial score (nSPS) is 20.7. The van der Waals surface area contributed by atoms with Gasteiger partial charge in [0.25, 0.3) is 0 Å². The van der Waals surface area contributed by atoms with Gasteiger partial charge in [-0.15, -0.1) is 0 Å². The summed E-state index contributed by atoms with van der Waals surface area (Å²) < 4.78 is 14.6. The summed E-state index contributed by atoms with van der Waals surface area (Å²) in [6, 6.07) is 5.15. The van der Waals surface area contributed by atoms with E-state index >= 15 is 0 Å². The maximum absolute atomic E-state index is 14.6. The van der Waals surface area contributed by atoms with Gasteiger partial charge in [0.2, 0.25) is 5.91 Å². The highest BCUT2D eigenvalue weighted by Crippen LogP contribution is 2.24. The summed E-state index contributed by atoms with van der Waals surface area (Å²) in [6.45, 7) is 5.75. The fourth-order valence-corrected chi connectivity index (χ4v) is 3.26. The first-order valence-electron chi connectivity index (χ1n) is 8.92. The lowest BCUT2D eigenvalue weighted by Crippen LogP contribution is -2.47. The smallest absolute Gasteiger partial charge is 0.217 e. The van der Waals surface area contributed by atoms with E-state index in [0.29, 0.717) is 36.5 Å². The number of oxime groups is 1. The van der Waals surface area contributed by atoms with Crippen molar-refractivity contribution in [2.24, 2.45) is 5.16 Å². The number of rotatable bonds is 6. The zero-order valence-corrected chi connectivity index (χ0v) is 14.9. The molecule has 2 aliphatic rings. The third-order valence-corrected chi connectivity index (χ3v) is 4.72. The first kappa shape index (κ1) is 18.6. The standard InChI is InChI=1S/C18H25FN4O3/c1-13(25)20-12-15-11-17(21-26-15)14-2-3-18(16(19)10-14)23-6-4-22(5-7-23)8-9-24/h2-3,10,15,24H,4-9,11-12H2,1H3,(H,20,25). The Hall–Kier alpha value is -2.19. The molecular weight excluding hydrogens is 339 g/mol. The molecule has 1 saturated heterocycles. The number of piperazine rings is 1. The average Bonchev–Trinajstić information content (AvgIpc) is 3.10. The van der Waals surface area contributed by atoms with Crippen LogP contribution in [0.25, 0.3) is 0 Å². The van der Waals surface area contributed by atoms with Gasteiger partial charge in [0.1, 0.15) is 11.9 Å². The Kier molecular flexibility index (Phi) is 6.05. The highest BCUT2D eigenvalue weighted by atomic mass is 19.1. The first-order chi connectivity index (χ1) is 12.6. The lowest BCUT2D eigenvalue weighted by Gasteiger charge is -2.36. The number of nitrogens with one attached hydrogen (secondary N) is 1. The topological polar surface area (TPSA) is 77.4 Å². The molecule has 142 valence electrons. The van der Waals surface area contributed by atoms with Crippen LogP contribution in [0.2, 0.25) is 0 Å². The highest BCUT2D eigenvalue weighted by molar-refractivity contribution is 6.01. The highest BCUT2D eigenvalue weighted by Gasteiger charge is 2.24. The van der Waals surface area contributed by atoms with Gasteiger partial charge in [-0.1, -0.05) is 11.2 Å². The molecule has 1 fully saturated rings. The molecule has 1 aromatic rings. The molecule has 8 heteroatoms. The lowest BCUT2D eigenvalue weighted by molar-refractivity contribution is -0.119. The number of nitrogens with zero attached hydrogens (tertiary/aromatic N) is 3. The maximum Gasteiger partial charge on any atom is 0.217 e. The van der Waals surface area contributed by atoms with Crippen LogP contribution in [0.4, 0.5) is 10.1 Å². The van der Waals surface area contributed by atoms with Crippen molar-refractivity contribution >= 4 is 17.3 Å². The van der Waals surface area contributed by atoms with Crippen LogP contribution < -0.4 is 10.2 Å². The minimum Gasteiger partial charge on any atom is -0.395 e. The van der Waals surface area contributed by atoms with Crippen molar-refractivity contribution in [2.45, 2.75) is 19.4 Å². The Balaban J connectivity index is 1.59. The van der Waals surface area contributed by atoms with E-state index < -0.39 is 0 Å². The number of aliphatic hydroxyl groups excluding tert-OH is 1. The molecular formula is C18H25FN4O3. The molecule has 2 N–H and O–H groups in total. The summed E-state index contributed by atoms with van der Waals surface area (Å²) >= 11 is 0. The van der Waals surface area contributed by atoms with Gasteiger partial charge in [-0.25, -0.2) is 4.39 Å². The quantitative estimate of drug-likeness (QED) is 0.772. The van der Waals surface area contributed by atoms with E-state index in [-0.39, 0.29) is 24.4 Å². The van der Waals surface area contributed by atoms with Gasteiger partial charge in [0, 0.05) is 51.6 Å². The molecule has 0 bridgehead atoms. The second-order valence-electron chi connectivity index (χ2n) is 6.63. The van der Waals surface area contributed by atoms with Crippen molar-refractivity contribution in [3.8, 4) is 0 Å². The SMILES string of the molecule is CC(=O)NCC1CC(c2ccc(N3CCN(CCO)CC3)c(F)c2)=NO1. The number of β-amino-alcohol motifs (C(OH)–C–C–N with tert-alkyl or cyclic N) is 1. The summed E-state index contributed by atoms with van der Waals surface area (Å²) in [4.78, 5) is 20.5. The molecule has 1 amide bonds. The van der Waals surface area contributed by atoms with Crippen molar-refractivity contribution in [1.82, 2.24) is 10.2 Å². The third kappa shape index (κ3) is 4.50. The summed E-state index contributed by atoms with van der Waals surface area (Å²) in [7, 11) is 0. The fraction of sp³-hybridized carbons (Fsp3) is 0.556. The zero-order chi connectivity index (χ0) is 18.5. The Labute approximate surface area is 152 Å². The minimum absolute atomic E-state index is 0.114. The van der Waals surface area contributed by atoms with E-state index in [1.807, 2.05) is 11.0 Å². The number of carbonyl (C=O) groups is 1.